The SMILES string of the molecule is CCN1CCN(C(C(=O)O)c2c[nH]c3ccc(OC)cc23)CC1. The third-order valence-corrected chi connectivity index (χ3v) is 4.67. The van der Waals surface area contributed by atoms with Crippen molar-refractivity contribution in [3.05, 3.63) is 30.0 Å². The molecule has 1 atom stereocenters. The number of likely N-dealkylation sites (N-methyl/N-ethyl adjacent to an activating group) is 1. The monoisotopic (exact) mass is 317 g/mol. The fraction of sp³-hybridized carbons (Fsp3) is 0.471. The highest BCUT2D eigenvalue weighted by Crippen LogP contribution is 2.31. The lowest BCUT2D eigenvalue weighted by Crippen LogP contribution is -2.49. The number of hydrogen-bond acceptors (Lipinski definition) is 4. The molecular weight excluding hydrogens is 294 g/mol. The highest BCUT2D eigenvalue weighted by molar-refractivity contribution is 5.90. The van der Waals surface area contributed by atoms with E-state index in [2.05, 4.69) is 21.7 Å². The first kappa shape index (κ1) is 15.8. The van der Waals surface area contributed by atoms with Crippen LogP contribution in [0.4, 0.5) is 0 Å². The van der Waals surface area contributed by atoms with Gasteiger partial charge in [0.25, 0.3) is 0 Å². The molecule has 3 rings (SSSR count). The molecule has 0 radical (unpaired) electrons. The summed E-state index contributed by atoms with van der Waals surface area (Å²) in [6.07, 6.45) is 1.81. The summed E-state index contributed by atoms with van der Waals surface area (Å²) in [5, 5.41) is 10.7. The number of carbonyl (C=O) groups is 1. The Morgan fingerprint density at radius 2 is 2.09 bits per heavy atom. The van der Waals surface area contributed by atoms with Gasteiger partial charge < -0.3 is 19.7 Å². The molecule has 0 amide bonds. The van der Waals surface area contributed by atoms with Crippen LogP contribution in [0, 0.1) is 0 Å². The third kappa shape index (κ3) is 3.04. The zero-order valence-electron chi connectivity index (χ0n) is 13.6. The topological polar surface area (TPSA) is 68.8 Å². The first-order valence-corrected chi connectivity index (χ1v) is 7.98. The van der Waals surface area contributed by atoms with Crippen LogP contribution in [-0.4, -0.2) is 65.7 Å². The molecule has 0 spiro atoms. The van der Waals surface area contributed by atoms with E-state index < -0.39 is 12.0 Å². The number of rotatable bonds is 5. The van der Waals surface area contributed by atoms with E-state index in [-0.39, 0.29) is 0 Å². The number of carboxylic acid groups (broad SMARTS) is 1. The van der Waals surface area contributed by atoms with Crippen molar-refractivity contribution < 1.29 is 14.6 Å². The Balaban J connectivity index is 1.94. The molecule has 1 unspecified atom stereocenters. The second-order valence-electron chi connectivity index (χ2n) is 5.87. The summed E-state index contributed by atoms with van der Waals surface area (Å²) in [6, 6.07) is 5.07. The molecule has 6 heteroatoms. The van der Waals surface area contributed by atoms with Gasteiger partial charge in [0.15, 0.2) is 0 Å². The molecule has 1 saturated heterocycles. The number of nitrogens with zero attached hydrogens (tertiary/aromatic N) is 2. The van der Waals surface area contributed by atoms with Crippen LogP contribution in [0.1, 0.15) is 18.5 Å². The minimum atomic E-state index is -0.807. The predicted molar refractivity (Wildman–Crippen MR) is 88.9 cm³/mol. The summed E-state index contributed by atoms with van der Waals surface area (Å²) in [5.41, 5.74) is 1.73. The largest absolute Gasteiger partial charge is 0.497 e. The molecule has 1 aliphatic rings. The first-order chi connectivity index (χ1) is 11.1. The van der Waals surface area contributed by atoms with Gasteiger partial charge in [0.2, 0.25) is 0 Å². The van der Waals surface area contributed by atoms with Crippen molar-refractivity contribution in [2.45, 2.75) is 13.0 Å². The van der Waals surface area contributed by atoms with Crippen molar-refractivity contribution >= 4 is 16.9 Å². The molecular formula is C17H23N3O3. The Morgan fingerprint density at radius 3 is 2.70 bits per heavy atom. The number of methoxy groups -OCH3 is 1. The fourth-order valence-corrected chi connectivity index (χ4v) is 3.30. The predicted octanol–water partition coefficient (Wildman–Crippen LogP) is 1.94. The summed E-state index contributed by atoms with van der Waals surface area (Å²) in [6.45, 7) is 6.49. The average molecular weight is 317 g/mol. The van der Waals surface area contributed by atoms with Crippen molar-refractivity contribution in [3.63, 3.8) is 0 Å². The average Bonchev–Trinajstić information content (AvgIpc) is 2.98. The highest BCUT2D eigenvalue weighted by atomic mass is 16.5. The van der Waals surface area contributed by atoms with Gasteiger partial charge in [-0.15, -0.1) is 0 Å². The maximum absolute atomic E-state index is 11.9. The van der Waals surface area contributed by atoms with Gasteiger partial charge in [-0.05, 0) is 24.7 Å². The number of aromatic amines is 1. The van der Waals surface area contributed by atoms with E-state index in [1.807, 2.05) is 24.4 Å². The Labute approximate surface area is 135 Å². The van der Waals surface area contributed by atoms with Gasteiger partial charge in [-0.1, -0.05) is 6.92 Å². The van der Waals surface area contributed by atoms with Crippen molar-refractivity contribution in [2.24, 2.45) is 0 Å². The van der Waals surface area contributed by atoms with E-state index >= 15 is 0 Å². The second-order valence-corrected chi connectivity index (χ2v) is 5.87. The number of H-pyrrole nitrogens is 1. The van der Waals surface area contributed by atoms with Gasteiger partial charge in [0.1, 0.15) is 11.8 Å². The zero-order valence-corrected chi connectivity index (χ0v) is 13.6. The van der Waals surface area contributed by atoms with E-state index in [0.29, 0.717) is 0 Å². The molecule has 6 nitrogen and oxygen atoms in total. The molecule has 2 N–H and O–H groups in total. The molecule has 0 bridgehead atoms. The number of aliphatic carboxylic acids is 1. The standard InChI is InChI=1S/C17H23N3O3/c1-3-19-6-8-20(9-7-19)16(17(21)22)14-11-18-15-5-4-12(23-2)10-13(14)15/h4-5,10-11,16,18H,3,6-9H2,1-2H3,(H,21,22). The van der Waals surface area contributed by atoms with E-state index in [0.717, 1.165) is 54.9 Å². The Kier molecular flexibility index (Phi) is 4.54. The van der Waals surface area contributed by atoms with Crippen LogP contribution in [0.2, 0.25) is 0 Å². The molecule has 2 heterocycles. The molecule has 1 aromatic carbocycles. The molecule has 2 aromatic rings. The lowest BCUT2D eigenvalue weighted by Gasteiger charge is -2.37. The van der Waals surface area contributed by atoms with Crippen LogP contribution < -0.4 is 4.74 Å². The Morgan fingerprint density at radius 1 is 1.35 bits per heavy atom. The van der Waals surface area contributed by atoms with Crippen LogP contribution in [0.25, 0.3) is 10.9 Å². The molecule has 1 aromatic heterocycles. The zero-order chi connectivity index (χ0) is 16.4. The van der Waals surface area contributed by atoms with Gasteiger partial charge in [0, 0.05) is 48.8 Å². The van der Waals surface area contributed by atoms with Crippen molar-refractivity contribution in [1.82, 2.24) is 14.8 Å². The Hall–Kier alpha value is -2.05. The number of piperazine rings is 1. The van der Waals surface area contributed by atoms with Gasteiger partial charge in [0.05, 0.1) is 7.11 Å². The fourth-order valence-electron chi connectivity index (χ4n) is 3.30. The third-order valence-electron chi connectivity index (χ3n) is 4.67. The van der Waals surface area contributed by atoms with E-state index in [1.165, 1.54) is 0 Å². The second kappa shape index (κ2) is 6.60. The van der Waals surface area contributed by atoms with Gasteiger partial charge >= 0.3 is 5.97 Å². The number of nitrogens with one attached hydrogen (secondary N) is 1. The molecule has 1 aliphatic heterocycles. The van der Waals surface area contributed by atoms with Crippen LogP contribution in [0.15, 0.2) is 24.4 Å². The number of carboxylic acids is 1. The Bertz CT molecular complexity index is 689. The summed E-state index contributed by atoms with van der Waals surface area (Å²) >= 11 is 0. The van der Waals surface area contributed by atoms with Gasteiger partial charge in [-0.2, -0.15) is 0 Å². The van der Waals surface area contributed by atoms with Gasteiger partial charge in [-0.25, -0.2) is 0 Å². The minimum absolute atomic E-state index is 0.630. The summed E-state index contributed by atoms with van der Waals surface area (Å²) < 4.78 is 5.28. The maximum atomic E-state index is 11.9. The number of ether oxygens (including phenoxy) is 1. The number of aromatic nitrogens is 1. The lowest BCUT2D eigenvalue weighted by molar-refractivity contribution is -0.144. The normalized spacial score (nSPS) is 18.2. The first-order valence-electron chi connectivity index (χ1n) is 7.98. The van der Waals surface area contributed by atoms with E-state index in [4.69, 9.17) is 4.74 Å². The van der Waals surface area contributed by atoms with Crippen molar-refractivity contribution in [2.75, 3.05) is 39.8 Å². The quantitative estimate of drug-likeness (QED) is 0.882. The van der Waals surface area contributed by atoms with Crippen LogP contribution in [0.3, 0.4) is 0 Å². The smallest absolute Gasteiger partial charge is 0.325 e. The highest BCUT2D eigenvalue weighted by Gasteiger charge is 2.31. The number of fused-ring (bicyclic) bond motifs is 1. The molecule has 1 fully saturated rings. The van der Waals surface area contributed by atoms with Crippen molar-refractivity contribution in [1.29, 1.82) is 0 Å². The summed E-state index contributed by atoms with van der Waals surface area (Å²) in [5.74, 6) is -0.0723. The van der Waals surface area contributed by atoms with E-state index in [9.17, 15) is 9.90 Å². The van der Waals surface area contributed by atoms with Crippen LogP contribution >= 0.6 is 0 Å². The van der Waals surface area contributed by atoms with E-state index in [1.54, 1.807) is 7.11 Å². The van der Waals surface area contributed by atoms with Crippen molar-refractivity contribution in [3.8, 4) is 5.75 Å². The molecule has 0 aliphatic carbocycles. The lowest BCUT2D eigenvalue weighted by atomic mass is 10.0. The maximum Gasteiger partial charge on any atom is 0.325 e. The molecule has 124 valence electrons. The minimum Gasteiger partial charge on any atom is -0.497 e. The van der Waals surface area contributed by atoms with Crippen LogP contribution in [0.5, 0.6) is 5.75 Å². The number of benzene rings is 1. The van der Waals surface area contributed by atoms with Crippen LogP contribution in [-0.2, 0) is 4.79 Å². The number of hydrogen-bond donors (Lipinski definition) is 2. The summed E-state index contributed by atoms with van der Waals surface area (Å²) in [7, 11) is 1.62. The van der Waals surface area contributed by atoms with Gasteiger partial charge in [-0.3, -0.25) is 9.69 Å². The molecule has 0 saturated carbocycles. The summed E-state index contributed by atoms with van der Waals surface area (Å²) in [4.78, 5) is 19.5. The molecule has 23 heavy (non-hydrogen) atoms.